The molecule has 0 radical (unpaired) electrons. The first-order chi connectivity index (χ1) is 13.1. The molecule has 27 heavy (non-hydrogen) atoms. The summed E-state index contributed by atoms with van der Waals surface area (Å²) in [5.74, 6) is 0.515. The zero-order valence-electron chi connectivity index (χ0n) is 15.7. The number of ether oxygens (including phenoxy) is 1. The lowest BCUT2D eigenvalue weighted by atomic mass is 10.1. The van der Waals surface area contributed by atoms with Gasteiger partial charge < -0.3 is 15.4 Å². The Morgan fingerprint density at radius 2 is 1.89 bits per heavy atom. The van der Waals surface area contributed by atoms with Crippen molar-refractivity contribution < 1.29 is 9.53 Å². The first-order valence-corrected chi connectivity index (χ1v) is 8.78. The van der Waals surface area contributed by atoms with Crippen LogP contribution in [0.3, 0.4) is 0 Å². The van der Waals surface area contributed by atoms with Crippen LogP contribution in [-0.2, 0) is 6.54 Å². The molecule has 0 aliphatic heterocycles. The Balaban J connectivity index is 1.71. The van der Waals surface area contributed by atoms with Crippen LogP contribution in [0.5, 0.6) is 5.75 Å². The van der Waals surface area contributed by atoms with Crippen LogP contribution in [-0.4, -0.2) is 18.0 Å². The van der Waals surface area contributed by atoms with Gasteiger partial charge in [0.25, 0.3) is 5.91 Å². The first-order valence-electron chi connectivity index (χ1n) is 8.78. The summed E-state index contributed by atoms with van der Waals surface area (Å²) in [6.45, 7) is 4.52. The predicted molar refractivity (Wildman–Crippen MR) is 108 cm³/mol. The van der Waals surface area contributed by atoms with Crippen molar-refractivity contribution in [2.45, 2.75) is 20.4 Å². The SMILES string of the molecule is COc1ccccc1CNC(=O)c1cc(Nc2cccc(C)c2C)ccn1. The number of amides is 1. The molecule has 0 spiro atoms. The number of aryl methyl sites for hydroxylation is 1. The zero-order valence-corrected chi connectivity index (χ0v) is 15.7. The second-order valence-electron chi connectivity index (χ2n) is 6.30. The maximum absolute atomic E-state index is 12.5. The standard InChI is InChI=1S/C22H23N3O2/c1-15-7-6-9-19(16(15)2)25-18-11-12-23-20(13-18)22(26)24-14-17-8-4-5-10-21(17)27-3/h4-13H,14H2,1-3H3,(H,23,25)(H,24,26). The minimum Gasteiger partial charge on any atom is -0.496 e. The number of nitrogens with zero attached hydrogens (tertiary/aromatic N) is 1. The molecule has 138 valence electrons. The summed E-state index contributed by atoms with van der Waals surface area (Å²) in [7, 11) is 1.62. The van der Waals surface area contributed by atoms with Gasteiger partial charge >= 0.3 is 0 Å². The van der Waals surface area contributed by atoms with Gasteiger partial charge in [0.2, 0.25) is 0 Å². The number of methoxy groups -OCH3 is 1. The van der Waals surface area contributed by atoms with E-state index in [-0.39, 0.29) is 5.91 Å². The fourth-order valence-electron chi connectivity index (χ4n) is 2.79. The van der Waals surface area contributed by atoms with E-state index in [9.17, 15) is 4.79 Å². The van der Waals surface area contributed by atoms with Gasteiger partial charge in [-0.2, -0.15) is 0 Å². The molecule has 1 heterocycles. The largest absolute Gasteiger partial charge is 0.496 e. The number of anilines is 2. The molecule has 2 aromatic carbocycles. The van der Waals surface area contributed by atoms with E-state index in [4.69, 9.17) is 4.74 Å². The van der Waals surface area contributed by atoms with Crippen molar-refractivity contribution in [3.8, 4) is 5.75 Å². The Kier molecular flexibility index (Phi) is 5.71. The summed E-state index contributed by atoms with van der Waals surface area (Å²) in [6.07, 6.45) is 1.63. The maximum atomic E-state index is 12.5. The average Bonchev–Trinajstić information content (AvgIpc) is 2.70. The smallest absolute Gasteiger partial charge is 0.270 e. The molecule has 0 saturated heterocycles. The lowest BCUT2D eigenvalue weighted by molar-refractivity contribution is 0.0945. The van der Waals surface area contributed by atoms with Crippen LogP contribution >= 0.6 is 0 Å². The summed E-state index contributed by atoms with van der Waals surface area (Å²) < 4.78 is 5.31. The van der Waals surface area contributed by atoms with E-state index >= 15 is 0 Å². The number of benzene rings is 2. The fourth-order valence-corrected chi connectivity index (χ4v) is 2.79. The van der Waals surface area contributed by atoms with Gasteiger partial charge in [0.05, 0.1) is 7.11 Å². The number of aromatic nitrogens is 1. The number of hydrogen-bond donors (Lipinski definition) is 2. The first kappa shape index (κ1) is 18.5. The second kappa shape index (κ2) is 8.36. The van der Waals surface area contributed by atoms with Crippen LogP contribution in [0.2, 0.25) is 0 Å². The highest BCUT2D eigenvalue weighted by Crippen LogP contribution is 2.23. The van der Waals surface area contributed by atoms with Crippen molar-refractivity contribution >= 4 is 17.3 Å². The quantitative estimate of drug-likeness (QED) is 0.684. The van der Waals surface area contributed by atoms with E-state index in [1.807, 2.05) is 42.5 Å². The third kappa shape index (κ3) is 4.44. The molecule has 3 rings (SSSR count). The van der Waals surface area contributed by atoms with Gasteiger partial charge in [-0.3, -0.25) is 9.78 Å². The number of carbonyl (C=O) groups excluding carboxylic acids is 1. The summed E-state index contributed by atoms with van der Waals surface area (Å²) in [4.78, 5) is 16.7. The van der Waals surface area contributed by atoms with Gasteiger partial charge in [0, 0.05) is 29.7 Å². The molecule has 1 aromatic heterocycles. The van der Waals surface area contributed by atoms with Crippen molar-refractivity contribution in [1.82, 2.24) is 10.3 Å². The molecule has 0 aliphatic rings. The molecule has 3 aromatic rings. The fraction of sp³-hybridized carbons (Fsp3) is 0.182. The number of para-hydroxylation sites is 1. The molecule has 0 aliphatic carbocycles. The van der Waals surface area contributed by atoms with Gasteiger partial charge in [0.1, 0.15) is 11.4 Å². The number of rotatable bonds is 6. The van der Waals surface area contributed by atoms with E-state index in [0.717, 1.165) is 22.7 Å². The Bertz CT molecular complexity index is 954. The van der Waals surface area contributed by atoms with Gasteiger partial charge in [-0.05, 0) is 49.2 Å². The highest BCUT2D eigenvalue weighted by Gasteiger charge is 2.10. The molecular formula is C22H23N3O2. The van der Waals surface area contributed by atoms with Gasteiger partial charge in [-0.25, -0.2) is 0 Å². The van der Waals surface area contributed by atoms with Gasteiger partial charge in [-0.15, -0.1) is 0 Å². The Morgan fingerprint density at radius 1 is 1.07 bits per heavy atom. The normalized spacial score (nSPS) is 10.3. The molecule has 0 saturated carbocycles. The maximum Gasteiger partial charge on any atom is 0.270 e. The Labute approximate surface area is 159 Å². The van der Waals surface area contributed by atoms with Crippen LogP contribution in [0.25, 0.3) is 0 Å². The number of pyridine rings is 1. The molecule has 0 unspecified atom stereocenters. The van der Waals surface area contributed by atoms with Crippen LogP contribution in [0, 0.1) is 13.8 Å². The molecule has 5 heteroatoms. The van der Waals surface area contributed by atoms with E-state index < -0.39 is 0 Å². The molecule has 1 amide bonds. The highest BCUT2D eigenvalue weighted by atomic mass is 16.5. The number of nitrogens with one attached hydrogen (secondary N) is 2. The molecule has 0 bridgehead atoms. The Hall–Kier alpha value is -3.34. The summed E-state index contributed by atoms with van der Waals surface area (Å²) in [5, 5.41) is 6.25. The van der Waals surface area contributed by atoms with E-state index in [1.54, 1.807) is 19.4 Å². The monoisotopic (exact) mass is 361 g/mol. The topological polar surface area (TPSA) is 63.2 Å². The van der Waals surface area contributed by atoms with Crippen LogP contribution < -0.4 is 15.4 Å². The summed E-state index contributed by atoms with van der Waals surface area (Å²) in [5.41, 5.74) is 5.50. The lowest BCUT2D eigenvalue weighted by Gasteiger charge is -2.12. The van der Waals surface area contributed by atoms with Gasteiger partial charge in [0.15, 0.2) is 0 Å². The third-order valence-corrected chi connectivity index (χ3v) is 4.51. The van der Waals surface area contributed by atoms with E-state index in [1.165, 1.54) is 11.1 Å². The average molecular weight is 361 g/mol. The van der Waals surface area contributed by atoms with E-state index in [2.05, 4.69) is 35.5 Å². The molecular weight excluding hydrogens is 338 g/mol. The second-order valence-corrected chi connectivity index (χ2v) is 6.30. The van der Waals surface area contributed by atoms with Crippen molar-refractivity contribution in [2.75, 3.05) is 12.4 Å². The predicted octanol–water partition coefficient (Wildman–Crippen LogP) is 4.38. The molecule has 0 atom stereocenters. The summed E-state index contributed by atoms with van der Waals surface area (Å²) in [6, 6.07) is 17.3. The van der Waals surface area contributed by atoms with Crippen molar-refractivity contribution in [3.63, 3.8) is 0 Å². The van der Waals surface area contributed by atoms with Crippen LogP contribution in [0.15, 0.2) is 60.8 Å². The number of hydrogen-bond acceptors (Lipinski definition) is 4. The Morgan fingerprint density at radius 3 is 2.70 bits per heavy atom. The number of carbonyl (C=O) groups is 1. The molecule has 2 N–H and O–H groups in total. The van der Waals surface area contributed by atoms with Crippen molar-refractivity contribution in [3.05, 3.63) is 83.2 Å². The van der Waals surface area contributed by atoms with Gasteiger partial charge in [-0.1, -0.05) is 30.3 Å². The van der Waals surface area contributed by atoms with Crippen molar-refractivity contribution in [2.24, 2.45) is 0 Å². The van der Waals surface area contributed by atoms with Crippen molar-refractivity contribution in [1.29, 1.82) is 0 Å². The van der Waals surface area contributed by atoms with Crippen LogP contribution in [0.4, 0.5) is 11.4 Å². The van der Waals surface area contributed by atoms with Crippen LogP contribution in [0.1, 0.15) is 27.2 Å². The third-order valence-electron chi connectivity index (χ3n) is 4.51. The zero-order chi connectivity index (χ0) is 19.2. The minimum absolute atomic E-state index is 0.231. The lowest BCUT2D eigenvalue weighted by Crippen LogP contribution is -2.24. The molecule has 5 nitrogen and oxygen atoms in total. The summed E-state index contributed by atoms with van der Waals surface area (Å²) >= 11 is 0. The minimum atomic E-state index is -0.231. The highest BCUT2D eigenvalue weighted by molar-refractivity contribution is 5.93. The van der Waals surface area contributed by atoms with E-state index in [0.29, 0.717) is 12.2 Å². The molecule has 0 fully saturated rings.